The number of carbonyl (C=O) groups is 1. The van der Waals surface area contributed by atoms with Gasteiger partial charge in [0, 0.05) is 19.6 Å². The molecule has 0 saturated carbocycles. The van der Waals surface area contributed by atoms with Gasteiger partial charge in [-0.3, -0.25) is 0 Å². The normalized spacial score (nSPS) is 22.3. The molecule has 7 heteroatoms. The van der Waals surface area contributed by atoms with Crippen molar-refractivity contribution in [3.63, 3.8) is 0 Å². The molecule has 0 aliphatic carbocycles. The maximum Gasteiger partial charge on any atom is 0.327 e. The molecule has 1 atom stereocenters. The molecular weight excluding hydrogens is 204 g/mol. The maximum absolute atomic E-state index is 10.9. The van der Waals surface area contributed by atoms with Crippen LogP contribution in [-0.2, 0) is 4.79 Å². The molecule has 0 spiro atoms. The van der Waals surface area contributed by atoms with Gasteiger partial charge in [0.2, 0.25) is 5.13 Å². The molecule has 14 heavy (non-hydrogen) atoms. The Balaban J connectivity index is 2.18. The third kappa shape index (κ3) is 1.68. The molecule has 0 bridgehead atoms. The molecular formula is C7H10N4O2S. The molecule has 76 valence electrons. The highest BCUT2D eigenvalue weighted by Gasteiger charge is 2.29. The Bertz CT molecular complexity index is 315. The number of anilines is 1. The Labute approximate surface area is 84.6 Å². The standard InChI is InChI=1S/C7H10N4O2S/c12-6(13)5-3-8-1-2-11(5)7-10-9-4-14-7/h4-5,8H,1-3H2,(H,12,13). The number of carboxylic acids is 1. The fourth-order valence-corrected chi connectivity index (χ4v) is 2.08. The van der Waals surface area contributed by atoms with Crippen LogP contribution in [0.3, 0.4) is 0 Å². The van der Waals surface area contributed by atoms with Crippen molar-refractivity contribution in [2.75, 3.05) is 24.5 Å². The molecule has 0 radical (unpaired) electrons. The van der Waals surface area contributed by atoms with E-state index in [1.165, 1.54) is 11.3 Å². The van der Waals surface area contributed by atoms with Gasteiger partial charge < -0.3 is 15.3 Å². The number of aromatic nitrogens is 2. The molecule has 6 nitrogen and oxygen atoms in total. The average Bonchev–Trinajstić information content (AvgIpc) is 2.70. The summed E-state index contributed by atoms with van der Waals surface area (Å²) in [6.07, 6.45) is 0. The number of nitrogens with one attached hydrogen (secondary N) is 1. The summed E-state index contributed by atoms with van der Waals surface area (Å²) in [6.45, 7) is 1.89. The lowest BCUT2D eigenvalue weighted by molar-refractivity contribution is -0.138. The maximum atomic E-state index is 10.9. The first-order valence-corrected chi connectivity index (χ1v) is 5.13. The molecule has 1 saturated heterocycles. The van der Waals surface area contributed by atoms with Gasteiger partial charge in [-0.05, 0) is 0 Å². The predicted molar refractivity (Wildman–Crippen MR) is 51.5 cm³/mol. The van der Waals surface area contributed by atoms with E-state index in [0.717, 1.165) is 6.54 Å². The summed E-state index contributed by atoms with van der Waals surface area (Å²) in [5.74, 6) is -0.826. The van der Waals surface area contributed by atoms with Crippen LogP contribution in [0, 0.1) is 0 Å². The van der Waals surface area contributed by atoms with Crippen LogP contribution in [0.4, 0.5) is 5.13 Å². The molecule has 1 unspecified atom stereocenters. The third-order valence-corrected chi connectivity index (χ3v) is 2.85. The van der Waals surface area contributed by atoms with E-state index >= 15 is 0 Å². The van der Waals surface area contributed by atoms with E-state index < -0.39 is 12.0 Å². The lowest BCUT2D eigenvalue weighted by Crippen LogP contribution is -2.55. The van der Waals surface area contributed by atoms with Crippen LogP contribution in [0.5, 0.6) is 0 Å². The number of nitrogens with zero attached hydrogens (tertiary/aromatic N) is 3. The molecule has 2 heterocycles. The zero-order valence-corrected chi connectivity index (χ0v) is 8.20. The number of piperazine rings is 1. The van der Waals surface area contributed by atoms with E-state index in [4.69, 9.17) is 5.11 Å². The molecule has 1 fully saturated rings. The lowest BCUT2D eigenvalue weighted by atomic mass is 10.2. The second-order valence-corrected chi connectivity index (χ2v) is 3.78. The van der Waals surface area contributed by atoms with Gasteiger partial charge in [-0.15, -0.1) is 10.2 Å². The Morgan fingerprint density at radius 1 is 1.79 bits per heavy atom. The first-order valence-electron chi connectivity index (χ1n) is 4.25. The van der Waals surface area contributed by atoms with Crippen LogP contribution in [-0.4, -0.2) is 46.9 Å². The zero-order valence-electron chi connectivity index (χ0n) is 7.38. The second kappa shape index (κ2) is 3.89. The Morgan fingerprint density at radius 3 is 3.29 bits per heavy atom. The second-order valence-electron chi connectivity index (χ2n) is 2.97. The molecule has 0 aromatic carbocycles. The van der Waals surface area contributed by atoms with Crippen molar-refractivity contribution < 1.29 is 9.90 Å². The van der Waals surface area contributed by atoms with Crippen molar-refractivity contribution in [3.05, 3.63) is 5.51 Å². The summed E-state index contributed by atoms with van der Waals surface area (Å²) in [6, 6.07) is -0.531. The van der Waals surface area contributed by atoms with Crippen molar-refractivity contribution in [3.8, 4) is 0 Å². The predicted octanol–water partition coefficient (Wildman–Crippen LogP) is -0.599. The third-order valence-electron chi connectivity index (χ3n) is 2.12. The molecule has 0 amide bonds. The molecule has 2 rings (SSSR count). The highest BCUT2D eigenvalue weighted by atomic mass is 32.1. The van der Waals surface area contributed by atoms with Crippen LogP contribution in [0.25, 0.3) is 0 Å². The van der Waals surface area contributed by atoms with Crippen molar-refractivity contribution in [2.45, 2.75) is 6.04 Å². The average molecular weight is 214 g/mol. The van der Waals surface area contributed by atoms with E-state index in [1.807, 2.05) is 0 Å². The summed E-state index contributed by atoms with van der Waals surface area (Å²) in [5, 5.41) is 20.3. The smallest absolute Gasteiger partial charge is 0.327 e. The van der Waals surface area contributed by atoms with Gasteiger partial charge in [0.1, 0.15) is 11.6 Å². The number of hydrogen-bond acceptors (Lipinski definition) is 6. The van der Waals surface area contributed by atoms with E-state index in [1.54, 1.807) is 10.4 Å². The fraction of sp³-hybridized carbons (Fsp3) is 0.571. The topological polar surface area (TPSA) is 78.4 Å². The fourth-order valence-electron chi connectivity index (χ4n) is 1.45. The highest BCUT2D eigenvalue weighted by Crippen LogP contribution is 2.19. The van der Waals surface area contributed by atoms with Gasteiger partial charge in [-0.1, -0.05) is 11.3 Å². The largest absolute Gasteiger partial charge is 0.480 e. The summed E-state index contributed by atoms with van der Waals surface area (Å²) in [4.78, 5) is 12.7. The minimum absolute atomic E-state index is 0.453. The quantitative estimate of drug-likeness (QED) is 0.684. The molecule has 1 aromatic heterocycles. The monoisotopic (exact) mass is 214 g/mol. The van der Waals surface area contributed by atoms with Gasteiger partial charge in [-0.2, -0.15) is 0 Å². The summed E-state index contributed by atoms with van der Waals surface area (Å²) >= 11 is 1.36. The Kier molecular flexibility index (Phi) is 2.60. The number of hydrogen-bond donors (Lipinski definition) is 2. The first-order chi connectivity index (χ1) is 6.79. The van der Waals surface area contributed by atoms with Crippen molar-refractivity contribution in [1.29, 1.82) is 0 Å². The number of rotatable bonds is 2. The zero-order chi connectivity index (χ0) is 9.97. The van der Waals surface area contributed by atoms with Crippen molar-refractivity contribution in [2.24, 2.45) is 0 Å². The molecule has 1 aromatic rings. The van der Waals surface area contributed by atoms with Gasteiger partial charge in [0.05, 0.1) is 0 Å². The van der Waals surface area contributed by atoms with E-state index in [9.17, 15) is 4.79 Å². The molecule has 1 aliphatic heterocycles. The van der Waals surface area contributed by atoms with E-state index in [-0.39, 0.29) is 0 Å². The van der Waals surface area contributed by atoms with E-state index in [0.29, 0.717) is 18.2 Å². The van der Waals surface area contributed by atoms with Gasteiger partial charge >= 0.3 is 5.97 Å². The highest BCUT2D eigenvalue weighted by molar-refractivity contribution is 7.13. The van der Waals surface area contributed by atoms with Crippen LogP contribution in [0.1, 0.15) is 0 Å². The summed E-state index contributed by atoms with van der Waals surface area (Å²) < 4.78 is 0. The Morgan fingerprint density at radius 2 is 2.64 bits per heavy atom. The van der Waals surface area contributed by atoms with Crippen molar-refractivity contribution in [1.82, 2.24) is 15.5 Å². The van der Waals surface area contributed by atoms with Gasteiger partial charge in [-0.25, -0.2) is 4.79 Å². The minimum atomic E-state index is -0.826. The number of carboxylic acid groups (broad SMARTS) is 1. The number of aliphatic carboxylic acids is 1. The molecule has 1 aliphatic rings. The van der Waals surface area contributed by atoms with Crippen LogP contribution < -0.4 is 10.2 Å². The Hall–Kier alpha value is -1.21. The van der Waals surface area contributed by atoms with Crippen molar-refractivity contribution >= 4 is 22.4 Å². The van der Waals surface area contributed by atoms with Crippen LogP contribution in [0.2, 0.25) is 0 Å². The van der Waals surface area contributed by atoms with Crippen LogP contribution >= 0.6 is 11.3 Å². The first kappa shape index (κ1) is 9.35. The van der Waals surface area contributed by atoms with Gasteiger partial charge in [0.15, 0.2) is 0 Å². The summed E-state index contributed by atoms with van der Waals surface area (Å²) in [5.41, 5.74) is 1.61. The molecule has 2 N–H and O–H groups in total. The van der Waals surface area contributed by atoms with Gasteiger partial charge in [0.25, 0.3) is 0 Å². The minimum Gasteiger partial charge on any atom is -0.480 e. The summed E-state index contributed by atoms with van der Waals surface area (Å²) in [7, 11) is 0. The van der Waals surface area contributed by atoms with Crippen LogP contribution in [0.15, 0.2) is 5.51 Å². The van der Waals surface area contributed by atoms with E-state index in [2.05, 4.69) is 15.5 Å². The SMILES string of the molecule is O=C(O)C1CNCCN1c1nncs1. The lowest BCUT2D eigenvalue weighted by Gasteiger charge is -2.32.